The van der Waals surface area contributed by atoms with Crippen molar-refractivity contribution >= 4 is 5.95 Å². The van der Waals surface area contributed by atoms with Gasteiger partial charge in [0.1, 0.15) is 5.82 Å². The molecule has 5 atom stereocenters. The van der Waals surface area contributed by atoms with Crippen molar-refractivity contribution in [2.45, 2.75) is 43.9 Å². The van der Waals surface area contributed by atoms with Crippen molar-refractivity contribution in [1.82, 2.24) is 20.1 Å². The van der Waals surface area contributed by atoms with Crippen molar-refractivity contribution in [3.8, 4) is 0 Å². The molecule has 5 nitrogen and oxygen atoms in total. The van der Waals surface area contributed by atoms with E-state index in [4.69, 9.17) is 0 Å². The number of benzene rings is 1. The third-order valence-corrected chi connectivity index (χ3v) is 6.86. The summed E-state index contributed by atoms with van der Waals surface area (Å²) in [5.74, 6) is -6.53. The van der Waals surface area contributed by atoms with Crippen molar-refractivity contribution in [1.29, 1.82) is 0 Å². The fourth-order valence-corrected chi connectivity index (χ4v) is 5.26. The van der Waals surface area contributed by atoms with E-state index < -0.39 is 48.4 Å². The summed E-state index contributed by atoms with van der Waals surface area (Å²) in [6.07, 6.45) is -2.97. The minimum Gasteiger partial charge on any atom is -0.350 e. The first-order valence-electron chi connectivity index (χ1n) is 10.3. The highest BCUT2D eigenvalue weighted by atomic mass is 19.4. The van der Waals surface area contributed by atoms with Gasteiger partial charge in [-0.15, -0.1) is 5.10 Å². The molecule has 0 spiro atoms. The van der Waals surface area contributed by atoms with E-state index in [1.54, 1.807) is 0 Å². The standard InChI is InChI=1S/C20H21F6N5/c21-14-4-3-12(15(22)16(14)23)13-5-11(20(24,25)26)8-31-18(13)29-19(30-31)28-17-9-1-2-10(17)7-27-6-9/h3-4,9-11,13,17,27H,1-2,5-8H2,(H,28,30)/t9-,10+,11?,13?,17?. The normalized spacial score (nSPS) is 30.3. The molecular weight excluding hydrogens is 424 g/mol. The minimum absolute atomic E-state index is 0.113. The van der Waals surface area contributed by atoms with Gasteiger partial charge in [-0.2, -0.15) is 18.2 Å². The lowest BCUT2D eigenvalue weighted by Crippen LogP contribution is -2.45. The lowest BCUT2D eigenvalue weighted by Gasteiger charge is -2.31. The van der Waals surface area contributed by atoms with Crippen molar-refractivity contribution in [3.05, 3.63) is 41.0 Å². The van der Waals surface area contributed by atoms with Crippen LogP contribution in [0.15, 0.2) is 12.1 Å². The van der Waals surface area contributed by atoms with E-state index in [1.165, 1.54) is 0 Å². The number of halogens is 6. The molecule has 11 heteroatoms. The van der Waals surface area contributed by atoms with Crippen LogP contribution in [0, 0.1) is 35.2 Å². The van der Waals surface area contributed by atoms with Crippen molar-refractivity contribution in [2.75, 3.05) is 18.4 Å². The van der Waals surface area contributed by atoms with Crippen LogP contribution in [0.25, 0.3) is 0 Å². The summed E-state index contributed by atoms with van der Waals surface area (Å²) < 4.78 is 83.5. The molecule has 3 aliphatic rings. The molecule has 2 fully saturated rings. The summed E-state index contributed by atoms with van der Waals surface area (Å²) in [4.78, 5) is 4.38. The summed E-state index contributed by atoms with van der Waals surface area (Å²) in [6.45, 7) is 1.25. The highest BCUT2D eigenvalue weighted by Gasteiger charge is 2.47. The Hall–Kier alpha value is -2.30. The van der Waals surface area contributed by atoms with Gasteiger partial charge in [0, 0.05) is 17.5 Å². The van der Waals surface area contributed by atoms with Crippen LogP contribution in [-0.2, 0) is 6.54 Å². The Morgan fingerprint density at radius 2 is 1.74 bits per heavy atom. The summed E-state index contributed by atoms with van der Waals surface area (Å²) in [5.41, 5.74) is -0.352. The Morgan fingerprint density at radius 1 is 1.03 bits per heavy atom. The van der Waals surface area contributed by atoms with Crippen molar-refractivity contribution in [2.24, 2.45) is 17.8 Å². The van der Waals surface area contributed by atoms with Crippen LogP contribution < -0.4 is 10.6 Å². The number of nitrogens with zero attached hydrogens (tertiary/aromatic N) is 3. The van der Waals surface area contributed by atoms with Gasteiger partial charge < -0.3 is 10.6 Å². The first-order valence-corrected chi connectivity index (χ1v) is 10.3. The summed E-state index contributed by atoms with van der Waals surface area (Å²) in [5, 5.41) is 10.9. The van der Waals surface area contributed by atoms with Gasteiger partial charge in [0.25, 0.3) is 0 Å². The van der Waals surface area contributed by atoms with E-state index in [0.717, 1.165) is 42.7 Å². The quantitative estimate of drug-likeness (QED) is 0.557. The van der Waals surface area contributed by atoms with Crippen LogP contribution in [0.4, 0.5) is 32.3 Å². The number of aromatic nitrogens is 3. The molecule has 1 saturated heterocycles. The van der Waals surface area contributed by atoms with Crippen LogP contribution in [0.1, 0.15) is 36.6 Å². The zero-order chi connectivity index (χ0) is 21.9. The Balaban J connectivity index is 1.51. The maximum absolute atomic E-state index is 14.5. The van der Waals surface area contributed by atoms with Crippen LogP contribution in [0.5, 0.6) is 0 Å². The molecule has 1 aliphatic carbocycles. The second-order valence-electron chi connectivity index (χ2n) is 8.69. The van der Waals surface area contributed by atoms with Crippen LogP contribution in [0.3, 0.4) is 0 Å². The molecule has 2 bridgehead atoms. The fraction of sp³-hybridized carbons (Fsp3) is 0.600. The number of nitrogens with one attached hydrogen (secondary N) is 2. The second-order valence-corrected chi connectivity index (χ2v) is 8.69. The number of alkyl halides is 3. The van der Waals surface area contributed by atoms with E-state index in [-0.39, 0.29) is 23.4 Å². The van der Waals surface area contributed by atoms with Gasteiger partial charge >= 0.3 is 6.18 Å². The first kappa shape index (κ1) is 20.6. The smallest absolute Gasteiger partial charge is 0.350 e. The molecule has 0 amide bonds. The van der Waals surface area contributed by atoms with Gasteiger partial charge in [-0.05, 0) is 50.3 Å². The third kappa shape index (κ3) is 3.56. The maximum Gasteiger partial charge on any atom is 0.393 e. The molecule has 3 unspecified atom stereocenters. The Labute approximate surface area is 174 Å². The predicted octanol–water partition coefficient (Wildman–Crippen LogP) is 3.82. The van der Waals surface area contributed by atoms with Crippen LogP contribution in [0.2, 0.25) is 0 Å². The number of rotatable bonds is 3. The molecule has 2 N–H and O–H groups in total. The van der Waals surface area contributed by atoms with E-state index in [0.29, 0.717) is 11.8 Å². The van der Waals surface area contributed by atoms with Crippen LogP contribution >= 0.6 is 0 Å². The first-order chi connectivity index (χ1) is 14.7. The molecule has 1 aromatic heterocycles. The topological polar surface area (TPSA) is 54.8 Å². The van der Waals surface area contributed by atoms with E-state index in [1.807, 2.05) is 0 Å². The highest BCUT2D eigenvalue weighted by molar-refractivity contribution is 5.35. The number of piperidine rings is 1. The van der Waals surface area contributed by atoms with Crippen LogP contribution in [-0.4, -0.2) is 40.1 Å². The number of anilines is 1. The number of hydrogen-bond donors (Lipinski definition) is 2. The number of fused-ring (bicyclic) bond motifs is 3. The summed E-state index contributed by atoms with van der Waals surface area (Å²) in [6, 6.07) is 1.82. The molecule has 1 aromatic carbocycles. The molecule has 1 saturated carbocycles. The van der Waals surface area contributed by atoms with E-state index in [2.05, 4.69) is 20.7 Å². The van der Waals surface area contributed by atoms with Gasteiger partial charge in [-0.1, -0.05) is 6.07 Å². The average molecular weight is 445 g/mol. The average Bonchev–Trinajstić information content (AvgIpc) is 3.20. The van der Waals surface area contributed by atoms with Gasteiger partial charge in [-0.3, -0.25) is 0 Å². The zero-order valence-corrected chi connectivity index (χ0v) is 16.4. The molecule has 2 aromatic rings. The Morgan fingerprint density at radius 3 is 2.42 bits per heavy atom. The van der Waals surface area contributed by atoms with Gasteiger partial charge in [0.05, 0.1) is 12.5 Å². The van der Waals surface area contributed by atoms with Gasteiger partial charge in [0.15, 0.2) is 17.5 Å². The minimum atomic E-state index is -4.54. The molecule has 2 aliphatic heterocycles. The molecule has 168 valence electrons. The lowest BCUT2D eigenvalue weighted by atomic mass is 9.84. The van der Waals surface area contributed by atoms with Crippen molar-refractivity contribution in [3.63, 3.8) is 0 Å². The van der Waals surface area contributed by atoms with Gasteiger partial charge in [0.2, 0.25) is 5.95 Å². The SMILES string of the molecule is Fc1ccc(C2CC(C(F)(F)F)Cn3nc(NC4[C@@H]5CC[C@H]4CNC5)nc32)c(F)c1F. The predicted molar refractivity (Wildman–Crippen MR) is 98.8 cm³/mol. The van der Waals surface area contributed by atoms with E-state index in [9.17, 15) is 26.3 Å². The third-order valence-electron chi connectivity index (χ3n) is 6.86. The summed E-state index contributed by atoms with van der Waals surface area (Å²) >= 11 is 0. The Bertz CT molecular complexity index is 973. The molecule has 5 rings (SSSR count). The monoisotopic (exact) mass is 445 g/mol. The molecule has 3 heterocycles. The molecule has 31 heavy (non-hydrogen) atoms. The lowest BCUT2D eigenvalue weighted by molar-refractivity contribution is -0.184. The fourth-order valence-electron chi connectivity index (χ4n) is 5.26. The molecule has 0 radical (unpaired) electrons. The van der Waals surface area contributed by atoms with Gasteiger partial charge in [-0.25, -0.2) is 17.9 Å². The van der Waals surface area contributed by atoms with E-state index >= 15 is 0 Å². The second kappa shape index (κ2) is 7.39. The van der Waals surface area contributed by atoms with Crippen molar-refractivity contribution < 1.29 is 26.3 Å². The maximum atomic E-state index is 14.5. The Kier molecular flexibility index (Phi) is 4.91. The number of hydrogen-bond acceptors (Lipinski definition) is 4. The summed E-state index contributed by atoms with van der Waals surface area (Å²) in [7, 11) is 0. The largest absolute Gasteiger partial charge is 0.393 e. The molecular formula is C20H21F6N5. The zero-order valence-electron chi connectivity index (χ0n) is 16.4. The highest BCUT2D eigenvalue weighted by Crippen LogP contribution is 2.43.